The Hall–Kier alpha value is -3.76. The standard InChI is InChI=1S/C27H23BrClFN4O4/c28-18-11-12-22(21(30)14-18)32-25(36)16-34-23-9-4-2-7-19(23)26(37)33(27(34)38)13-5-10-24(35)31-15-17-6-1-3-8-20(17)29/h1-4,6-9,11-12,14H,5,10,13,15-16H2,(H,31,35)(H,32,36). The number of anilines is 1. The number of nitrogens with one attached hydrogen (secondary N) is 2. The fourth-order valence-corrected chi connectivity index (χ4v) is 4.50. The van der Waals surface area contributed by atoms with Crippen molar-refractivity contribution >= 4 is 55.9 Å². The summed E-state index contributed by atoms with van der Waals surface area (Å²) in [7, 11) is 0. The Morgan fingerprint density at radius 3 is 2.45 bits per heavy atom. The van der Waals surface area contributed by atoms with Crippen LogP contribution in [0.25, 0.3) is 10.9 Å². The van der Waals surface area contributed by atoms with Gasteiger partial charge in [-0.2, -0.15) is 0 Å². The number of aromatic nitrogens is 2. The first-order valence-corrected chi connectivity index (χ1v) is 12.9. The van der Waals surface area contributed by atoms with Gasteiger partial charge in [0.2, 0.25) is 11.8 Å². The van der Waals surface area contributed by atoms with Crippen LogP contribution in [0, 0.1) is 5.82 Å². The number of hydrogen-bond acceptors (Lipinski definition) is 4. The van der Waals surface area contributed by atoms with Crippen LogP contribution in [-0.2, 0) is 29.2 Å². The number of hydrogen-bond donors (Lipinski definition) is 2. The lowest BCUT2D eigenvalue weighted by atomic mass is 10.2. The van der Waals surface area contributed by atoms with Crippen LogP contribution in [-0.4, -0.2) is 20.9 Å². The van der Waals surface area contributed by atoms with Gasteiger partial charge in [-0.25, -0.2) is 9.18 Å². The van der Waals surface area contributed by atoms with E-state index in [-0.39, 0.29) is 48.4 Å². The zero-order valence-electron chi connectivity index (χ0n) is 20.0. The summed E-state index contributed by atoms with van der Waals surface area (Å²) < 4.78 is 16.9. The molecule has 0 aliphatic carbocycles. The molecule has 0 aliphatic rings. The molecule has 0 aliphatic heterocycles. The molecule has 11 heteroatoms. The predicted octanol–water partition coefficient (Wildman–Crippen LogP) is 4.45. The molecule has 8 nitrogen and oxygen atoms in total. The summed E-state index contributed by atoms with van der Waals surface area (Å²) in [6.45, 7) is -0.201. The molecule has 0 bridgehead atoms. The number of fused-ring (bicyclic) bond motifs is 1. The molecule has 0 unspecified atom stereocenters. The van der Waals surface area contributed by atoms with Gasteiger partial charge < -0.3 is 10.6 Å². The lowest BCUT2D eigenvalue weighted by molar-refractivity contribution is -0.121. The SMILES string of the molecule is O=C(CCCn1c(=O)c2ccccc2n(CC(=O)Nc2ccc(Br)cc2F)c1=O)NCc1ccccc1Cl. The summed E-state index contributed by atoms with van der Waals surface area (Å²) in [6, 6.07) is 17.8. The van der Waals surface area contributed by atoms with Crippen LogP contribution < -0.4 is 21.9 Å². The maximum atomic E-state index is 14.2. The van der Waals surface area contributed by atoms with Gasteiger partial charge in [0, 0.05) is 29.0 Å². The maximum absolute atomic E-state index is 14.2. The first kappa shape index (κ1) is 27.3. The molecular formula is C27H23BrClFN4O4. The van der Waals surface area contributed by atoms with E-state index < -0.39 is 29.5 Å². The molecule has 0 saturated carbocycles. The van der Waals surface area contributed by atoms with Gasteiger partial charge in [0.1, 0.15) is 12.4 Å². The Morgan fingerprint density at radius 2 is 1.68 bits per heavy atom. The van der Waals surface area contributed by atoms with E-state index in [1.165, 1.54) is 16.7 Å². The molecule has 4 rings (SSSR count). The highest BCUT2D eigenvalue weighted by Crippen LogP contribution is 2.19. The molecule has 0 spiro atoms. The average Bonchev–Trinajstić information content (AvgIpc) is 2.89. The third-order valence-corrected chi connectivity index (χ3v) is 6.72. The second-order valence-electron chi connectivity index (χ2n) is 8.49. The van der Waals surface area contributed by atoms with Crippen LogP contribution in [0.2, 0.25) is 5.02 Å². The minimum atomic E-state index is -0.698. The van der Waals surface area contributed by atoms with E-state index >= 15 is 0 Å². The second-order valence-corrected chi connectivity index (χ2v) is 9.81. The van der Waals surface area contributed by atoms with Gasteiger partial charge in [-0.15, -0.1) is 0 Å². The normalized spacial score (nSPS) is 10.9. The molecule has 1 heterocycles. The van der Waals surface area contributed by atoms with Gasteiger partial charge in [-0.05, 0) is 48.4 Å². The third kappa shape index (κ3) is 6.38. The predicted molar refractivity (Wildman–Crippen MR) is 148 cm³/mol. The average molecular weight is 602 g/mol. The Balaban J connectivity index is 1.49. The van der Waals surface area contributed by atoms with Crippen molar-refractivity contribution in [1.82, 2.24) is 14.5 Å². The third-order valence-electron chi connectivity index (χ3n) is 5.86. The number of rotatable bonds is 9. The minimum absolute atomic E-state index is 0.0228. The number of benzene rings is 3. The summed E-state index contributed by atoms with van der Waals surface area (Å²) in [4.78, 5) is 51.4. The van der Waals surface area contributed by atoms with Gasteiger partial charge in [0.05, 0.1) is 16.6 Å². The number of carbonyl (C=O) groups excluding carboxylic acids is 2. The lowest BCUT2D eigenvalue weighted by Crippen LogP contribution is -2.42. The van der Waals surface area contributed by atoms with Crippen LogP contribution in [0.3, 0.4) is 0 Å². The van der Waals surface area contributed by atoms with E-state index in [0.29, 0.717) is 9.50 Å². The number of nitrogens with zero attached hydrogens (tertiary/aromatic N) is 2. The topological polar surface area (TPSA) is 102 Å². The van der Waals surface area contributed by atoms with Crippen molar-refractivity contribution in [1.29, 1.82) is 0 Å². The summed E-state index contributed by atoms with van der Waals surface area (Å²) in [5.74, 6) is -1.53. The number of halogens is 3. The lowest BCUT2D eigenvalue weighted by Gasteiger charge is -2.14. The van der Waals surface area contributed by atoms with Crippen molar-refractivity contribution in [2.75, 3.05) is 5.32 Å². The fourth-order valence-electron chi connectivity index (χ4n) is 3.97. The molecule has 2 amide bonds. The highest BCUT2D eigenvalue weighted by Gasteiger charge is 2.16. The Labute approximate surface area is 230 Å². The summed E-state index contributed by atoms with van der Waals surface area (Å²) in [5.41, 5.74) is -0.193. The highest BCUT2D eigenvalue weighted by molar-refractivity contribution is 9.10. The van der Waals surface area contributed by atoms with Crippen molar-refractivity contribution in [3.63, 3.8) is 0 Å². The van der Waals surface area contributed by atoms with Crippen molar-refractivity contribution in [2.45, 2.75) is 32.5 Å². The molecular weight excluding hydrogens is 579 g/mol. The second kappa shape index (κ2) is 12.2. The molecule has 2 N–H and O–H groups in total. The highest BCUT2D eigenvalue weighted by atomic mass is 79.9. The minimum Gasteiger partial charge on any atom is -0.352 e. The number of para-hydroxylation sites is 1. The summed E-state index contributed by atoms with van der Waals surface area (Å²) >= 11 is 9.27. The fraction of sp³-hybridized carbons (Fsp3) is 0.185. The molecule has 0 radical (unpaired) electrons. The zero-order chi connectivity index (χ0) is 27.2. The van der Waals surface area contributed by atoms with Crippen LogP contribution in [0.4, 0.5) is 10.1 Å². The van der Waals surface area contributed by atoms with Crippen molar-refractivity contribution in [2.24, 2.45) is 0 Å². The van der Waals surface area contributed by atoms with Gasteiger partial charge in [-0.1, -0.05) is 57.9 Å². The van der Waals surface area contributed by atoms with E-state index in [9.17, 15) is 23.6 Å². The van der Waals surface area contributed by atoms with Crippen molar-refractivity contribution in [3.8, 4) is 0 Å². The van der Waals surface area contributed by atoms with E-state index in [1.807, 2.05) is 6.07 Å². The zero-order valence-corrected chi connectivity index (χ0v) is 22.4. The van der Waals surface area contributed by atoms with Crippen molar-refractivity contribution in [3.05, 3.63) is 108 Å². The molecule has 0 atom stereocenters. The summed E-state index contributed by atoms with van der Waals surface area (Å²) in [5, 5.41) is 6.02. The van der Waals surface area contributed by atoms with Gasteiger partial charge in [0.25, 0.3) is 5.56 Å². The molecule has 0 saturated heterocycles. The van der Waals surface area contributed by atoms with Crippen molar-refractivity contribution < 1.29 is 14.0 Å². The smallest absolute Gasteiger partial charge is 0.331 e. The molecule has 196 valence electrons. The van der Waals surface area contributed by atoms with Crippen LogP contribution in [0.15, 0.2) is 80.8 Å². The number of carbonyl (C=O) groups is 2. The van der Waals surface area contributed by atoms with Gasteiger partial charge >= 0.3 is 5.69 Å². The van der Waals surface area contributed by atoms with E-state index in [4.69, 9.17) is 11.6 Å². The largest absolute Gasteiger partial charge is 0.352 e. The quantitative estimate of drug-likeness (QED) is 0.296. The molecule has 1 aromatic heterocycles. The van der Waals surface area contributed by atoms with Crippen LogP contribution >= 0.6 is 27.5 Å². The van der Waals surface area contributed by atoms with Gasteiger partial charge in [0.15, 0.2) is 0 Å². The van der Waals surface area contributed by atoms with E-state index in [2.05, 4.69) is 26.6 Å². The Morgan fingerprint density at radius 1 is 0.947 bits per heavy atom. The monoisotopic (exact) mass is 600 g/mol. The van der Waals surface area contributed by atoms with E-state index in [1.54, 1.807) is 48.5 Å². The maximum Gasteiger partial charge on any atom is 0.331 e. The van der Waals surface area contributed by atoms with Crippen LogP contribution in [0.5, 0.6) is 0 Å². The van der Waals surface area contributed by atoms with Crippen LogP contribution in [0.1, 0.15) is 18.4 Å². The van der Waals surface area contributed by atoms with Gasteiger partial charge in [-0.3, -0.25) is 23.5 Å². The first-order chi connectivity index (χ1) is 18.2. The Kier molecular flexibility index (Phi) is 8.75. The molecule has 3 aromatic carbocycles. The van der Waals surface area contributed by atoms with E-state index in [0.717, 1.165) is 10.1 Å². The summed E-state index contributed by atoms with van der Waals surface area (Å²) in [6.07, 6.45) is 0.296. The molecule has 38 heavy (non-hydrogen) atoms. The first-order valence-electron chi connectivity index (χ1n) is 11.7. The Bertz CT molecular complexity index is 1640. The molecule has 4 aromatic rings. The number of amides is 2. The molecule has 0 fully saturated rings.